The number of aromatic amines is 1. The minimum atomic E-state index is -4.82. The van der Waals surface area contributed by atoms with E-state index < -0.39 is 23.3 Å². The van der Waals surface area contributed by atoms with Crippen molar-refractivity contribution in [1.82, 2.24) is 30.3 Å². The first-order valence-electron chi connectivity index (χ1n) is 12.3. The van der Waals surface area contributed by atoms with E-state index in [0.29, 0.717) is 24.4 Å². The van der Waals surface area contributed by atoms with Crippen molar-refractivity contribution < 1.29 is 22.8 Å². The average molecular weight is 523 g/mol. The van der Waals surface area contributed by atoms with Crippen LogP contribution in [-0.4, -0.2) is 43.2 Å². The van der Waals surface area contributed by atoms with Crippen molar-refractivity contribution in [3.63, 3.8) is 0 Å². The molecule has 0 bridgehead atoms. The Kier molecular flexibility index (Phi) is 7.08. The Hall–Kier alpha value is -4.28. The molecule has 0 aliphatic heterocycles. The summed E-state index contributed by atoms with van der Waals surface area (Å²) >= 11 is 0. The van der Waals surface area contributed by atoms with Crippen molar-refractivity contribution in [3.8, 4) is 17.1 Å². The van der Waals surface area contributed by atoms with Gasteiger partial charge in [-0.15, -0.1) is 0 Å². The number of hydrogen-bond donors (Lipinski definition) is 2. The molecule has 2 N–H and O–H groups in total. The zero-order valence-electron chi connectivity index (χ0n) is 20.3. The second-order valence-electron chi connectivity index (χ2n) is 9.28. The van der Waals surface area contributed by atoms with Crippen LogP contribution in [0.15, 0.2) is 66.9 Å². The van der Waals surface area contributed by atoms with Crippen LogP contribution in [0.2, 0.25) is 0 Å². The summed E-state index contributed by atoms with van der Waals surface area (Å²) in [6.07, 6.45) is -1.16. The molecule has 0 radical (unpaired) electrons. The smallest absolute Gasteiger partial charge is 0.345 e. The van der Waals surface area contributed by atoms with Crippen molar-refractivity contribution in [3.05, 3.63) is 83.9 Å². The third-order valence-corrected chi connectivity index (χ3v) is 6.78. The Morgan fingerprint density at radius 3 is 2.29 bits per heavy atom. The molecule has 5 rings (SSSR count). The number of alkyl halides is 3. The van der Waals surface area contributed by atoms with Crippen molar-refractivity contribution in [1.29, 1.82) is 0 Å². The van der Waals surface area contributed by atoms with Gasteiger partial charge in [0.15, 0.2) is 17.3 Å². The molecule has 2 aromatic carbocycles. The molecule has 1 aliphatic carbocycles. The number of benzene rings is 2. The van der Waals surface area contributed by atoms with Crippen LogP contribution in [-0.2, 0) is 11.0 Å². The highest BCUT2D eigenvalue weighted by atomic mass is 19.4. The van der Waals surface area contributed by atoms with Gasteiger partial charge < -0.3 is 5.32 Å². The van der Waals surface area contributed by atoms with E-state index in [9.17, 15) is 22.8 Å². The van der Waals surface area contributed by atoms with Gasteiger partial charge in [-0.3, -0.25) is 14.7 Å². The Morgan fingerprint density at radius 2 is 1.63 bits per heavy atom. The minimum absolute atomic E-state index is 0.136. The maximum Gasteiger partial charge on any atom is 0.435 e. The van der Waals surface area contributed by atoms with E-state index in [1.807, 2.05) is 30.3 Å². The zero-order chi connectivity index (χ0) is 26.7. The molecule has 38 heavy (non-hydrogen) atoms. The van der Waals surface area contributed by atoms with E-state index in [0.717, 1.165) is 35.1 Å². The summed E-state index contributed by atoms with van der Waals surface area (Å²) in [4.78, 5) is 30.1. The van der Waals surface area contributed by atoms with Gasteiger partial charge in [0.1, 0.15) is 5.82 Å². The van der Waals surface area contributed by atoms with E-state index >= 15 is 0 Å². The lowest BCUT2D eigenvalue weighted by atomic mass is 9.79. The molecule has 1 fully saturated rings. The Balaban J connectivity index is 1.18. The fourth-order valence-corrected chi connectivity index (χ4v) is 4.73. The summed E-state index contributed by atoms with van der Waals surface area (Å²) in [5, 5.41) is 13.3. The minimum Gasteiger partial charge on any atom is -0.345 e. The van der Waals surface area contributed by atoms with Gasteiger partial charge in [-0.25, -0.2) is 9.67 Å². The van der Waals surface area contributed by atoms with Gasteiger partial charge in [-0.1, -0.05) is 48.5 Å². The van der Waals surface area contributed by atoms with E-state index in [2.05, 4.69) is 25.6 Å². The number of hydrogen-bond acceptors (Lipinski definition) is 5. The number of carbonyl (C=O) groups excluding carboxylic acids is 2. The van der Waals surface area contributed by atoms with Crippen LogP contribution >= 0.6 is 0 Å². The highest BCUT2D eigenvalue weighted by Crippen LogP contribution is 2.35. The lowest BCUT2D eigenvalue weighted by molar-refractivity contribution is -0.141. The SMILES string of the molecule is O=C(NCC(=O)C1CCC(c2nc(-c3ccccc3)n[nH]2)CC1)c1cn(-c2ccccc2)nc1C(F)(F)F. The van der Waals surface area contributed by atoms with Crippen molar-refractivity contribution in [2.45, 2.75) is 37.8 Å². The maximum absolute atomic E-state index is 13.6. The predicted octanol–water partition coefficient (Wildman–Crippen LogP) is 4.95. The number of aromatic nitrogens is 5. The lowest BCUT2D eigenvalue weighted by Crippen LogP contribution is -2.35. The van der Waals surface area contributed by atoms with E-state index in [4.69, 9.17) is 0 Å². The number of nitrogens with zero attached hydrogens (tertiary/aromatic N) is 4. The van der Waals surface area contributed by atoms with Crippen LogP contribution in [0.1, 0.15) is 53.5 Å². The molecule has 0 unspecified atom stereocenters. The van der Waals surface area contributed by atoms with Gasteiger partial charge in [0.2, 0.25) is 0 Å². The van der Waals surface area contributed by atoms with E-state index in [1.165, 1.54) is 0 Å². The second kappa shape index (κ2) is 10.6. The molecule has 2 aromatic heterocycles. The van der Waals surface area contributed by atoms with Gasteiger partial charge in [-0.05, 0) is 37.8 Å². The van der Waals surface area contributed by atoms with Crippen LogP contribution in [0, 0.1) is 5.92 Å². The zero-order valence-corrected chi connectivity index (χ0v) is 20.3. The summed E-state index contributed by atoms with van der Waals surface area (Å²) in [7, 11) is 0. The average Bonchev–Trinajstić information content (AvgIpc) is 3.61. The fraction of sp³-hybridized carbons (Fsp3) is 0.296. The third kappa shape index (κ3) is 5.51. The number of Topliss-reactive ketones (excluding diaryl/α,β-unsaturated/α-hetero) is 1. The standard InChI is InChI=1S/C27H25F3N6O2/c28-27(29,30)23-21(16-36(35-23)20-9-5-2-6-10-20)26(38)31-15-22(37)17-11-13-19(14-12-17)25-32-24(33-34-25)18-7-3-1-4-8-18/h1-10,16-17,19H,11-15H2,(H,31,38)(H,32,33,34). The molecule has 0 saturated heterocycles. The molecule has 8 nitrogen and oxygen atoms in total. The first-order valence-corrected chi connectivity index (χ1v) is 12.3. The largest absolute Gasteiger partial charge is 0.435 e. The molecule has 4 aromatic rings. The normalized spacial score (nSPS) is 17.8. The molecule has 1 amide bonds. The molecule has 0 spiro atoms. The van der Waals surface area contributed by atoms with Crippen LogP contribution in [0.4, 0.5) is 13.2 Å². The molecule has 0 atom stereocenters. The quantitative estimate of drug-likeness (QED) is 0.357. The topological polar surface area (TPSA) is 106 Å². The summed E-state index contributed by atoms with van der Waals surface area (Å²) in [6.45, 7) is -0.345. The van der Waals surface area contributed by atoms with Crippen molar-refractivity contribution >= 4 is 11.7 Å². The molecule has 1 saturated carbocycles. The number of halogens is 3. The van der Waals surface area contributed by atoms with Crippen molar-refractivity contribution in [2.24, 2.45) is 5.92 Å². The summed E-state index contributed by atoms with van der Waals surface area (Å²) in [5.74, 6) is 0.0578. The number of amides is 1. The van der Waals surface area contributed by atoms with Crippen LogP contribution in [0.25, 0.3) is 17.1 Å². The first-order chi connectivity index (χ1) is 18.3. The number of para-hydroxylation sites is 1. The van der Waals surface area contributed by atoms with Gasteiger partial charge in [0.05, 0.1) is 17.8 Å². The highest BCUT2D eigenvalue weighted by Gasteiger charge is 2.39. The number of carbonyl (C=O) groups is 2. The van der Waals surface area contributed by atoms with Gasteiger partial charge in [-0.2, -0.15) is 23.4 Å². The fourth-order valence-electron chi connectivity index (χ4n) is 4.73. The highest BCUT2D eigenvalue weighted by molar-refractivity contribution is 5.98. The first kappa shape index (κ1) is 25.4. The molecule has 11 heteroatoms. The van der Waals surface area contributed by atoms with Gasteiger partial charge in [0, 0.05) is 23.6 Å². The van der Waals surface area contributed by atoms with Crippen LogP contribution < -0.4 is 5.32 Å². The maximum atomic E-state index is 13.6. The molecular weight excluding hydrogens is 497 g/mol. The molecule has 2 heterocycles. The third-order valence-electron chi connectivity index (χ3n) is 6.78. The van der Waals surface area contributed by atoms with E-state index in [1.54, 1.807) is 30.3 Å². The Labute approximate surface area is 216 Å². The number of rotatable bonds is 7. The number of H-pyrrole nitrogens is 1. The predicted molar refractivity (Wildman–Crippen MR) is 132 cm³/mol. The van der Waals surface area contributed by atoms with Crippen LogP contribution in [0.3, 0.4) is 0 Å². The summed E-state index contributed by atoms with van der Waals surface area (Å²) < 4.78 is 41.7. The Morgan fingerprint density at radius 1 is 0.974 bits per heavy atom. The van der Waals surface area contributed by atoms with Gasteiger partial charge in [0.25, 0.3) is 5.91 Å². The second-order valence-corrected chi connectivity index (χ2v) is 9.28. The summed E-state index contributed by atoms with van der Waals surface area (Å²) in [6, 6.07) is 17.8. The summed E-state index contributed by atoms with van der Waals surface area (Å²) in [5.41, 5.74) is -0.628. The van der Waals surface area contributed by atoms with Crippen molar-refractivity contribution in [2.75, 3.05) is 6.54 Å². The molecule has 196 valence electrons. The number of ketones is 1. The van der Waals surface area contributed by atoms with E-state index in [-0.39, 0.29) is 24.2 Å². The number of nitrogens with one attached hydrogen (secondary N) is 2. The molecule has 1 aliphatic rings. The lowest BCUT2D eigenvalue weighted by Gasteiger charge is -2.26. The monoisotopic (exact) mass is 522 g/mol. The van der Waals surface area contributed by atoms with Gasteiger partial charge >= 0.3 is 6.18 Å². The molecular formula is C27H25F3N6O2. The van der Waals surface area contributed by atoms with Crippen LogP contribution in [0.5, 0.6) is 0 Å². The Bertz CT molecular complexity index is 1410.